The monoisotopic (exact) mass is 354 g/mol. The van der Waals surface area contributed by atoms with Crippen molar-refractivity contribution in [2.45, 2.75) is 19.5 Å². The average molecular weight is 354 g/mol. The molecule has 1 aliphatic rings. The van der Waals surface area contributed by atoms with Crippen molar-refractivity contribution in [3.8, 4) is 11.4 Å². The molecule has 26 heavy (non-hydrogen) atoms. The third kappa shape index (κ3) is 3.25. The van der Waals surface area contributed by atoms with E-state index in [2.05, 4.69) is 15.0 Å². The highest BCUT2D eigenvalue weighted by molar-refractivity contribution is 5.53. The van der Waals surface area contributed by atoms with Gasteiger partial charge in [0.05, 0.1) is 5.69 Å². The highest BCUT2D eigenvalue weighted by Gasteiger charge is 2.22. The van der Waals surface area contributed by atoms with Crippen molar-refractivity contribution in [1.29, 1.82) is 0 Å². The van der Waals surface area contributed by atoms with Gasteiger partial charge in [0, 0.05) is 54.8 Å². The Morgan fingerprint density at radius 2 is 2.12 bits per heavy atom. The van der Waals surface area contributed by atoms with E-state index >= 15 is 0 Å². The van der Waals surface area contributed by atoms with Gasteiger partial charge < -0.3 is 4.98 Å². The number of hydrogen-bond donors (Lipinski definition) is 1. The number of benzene rings is 1. The molecule has 0 saturated carbocycles. The molecule has 1 aromatic carbocycles. The topological polar surface area (TPSA) is 61.9 Å². The minimum atomic E-state index is -0.593. The number of aromatic nitrogens is 3. The van der Waals surface area contributed by atoms with Gasteiger partial charge in [-0.25, -0.2) is 13.8 Å². The molecule has 7 heteroatoms. The lowest BCUT2D eigenvalue weighted by Crippen LogP contribution is -2.35. The zero-order valence-electron chi connectivity index (χ0n) is 13.9. The zero-order chi connectivity index (χ0) is 18.1. The lowest BCUT2D eigenvalue weighted by Gasteiger charge is -2.27. The van der Waals surface area contributed by atoms with Crippen molar-refractivity contribution < 1.29 is 8.78 Å². The molecule has 0 radical (unpaired) electrons. The number of H-pyrrole nitrogens is 1. The van der Waals surface area contributed by atoms with Gasteiger partial charge in [-0.15, -0.1) is 0 Å². The molecule has 0 bridgehead atoms. The van der Waals surface area contributed by atoms with Crippen LogP contribution in [0.1, 0.15) is 16.8 Å². The molecular formula is C19H16F2N4O. The summed E-state index contributed by atoms with van der Waals surface area (Å²) < 4.78 is 27.0. The van der Waals surface area contributed by atoms with Crippen LogP contribution < -0.4 is 5.56 Å². The van der Waals surface area contributed by atoms with Crippen LogP contribution in [0.2, 0.25) is 0 Å². The Morgan fingerprint density at radius 1 is 1.23 bits per heavy atom. The van der Waals surface area contributed by atoms with E-state index in [9.17, 15) is 13.6 Å². The molecule has 0 saturated heterocycles. The van der Waals surface area contributed by atoms with E-state index in [0.29, 0.717) is 48.7 Å². The highest BCUT2D eigenvalue weighted by atomic mass is 19.1. The van der Waals surface area contributed by atoms with E-state index in [0.717, 1.165) is 11.6 Å². The Bertz CT molecular complexity index is 1000. The number of fused-ring (bicyclic) bond motifs is 1. The number of rotatable bonds is 3. The van der Waals surface area contributed by atoms with Gasteiger partial charge in [-0.3, -0.25) is 14.7 Å². The summed E-state index contributed by atoms with van der Waals surface area (Å²) in [5, 5.41) is 0. The average Bonchev–Trinajstić information content (AvgIpc) is 2.64. The third-order valence-electron chi connectivity index (χ3n) is 4.50. The molecule has 1 aliphatic heterocycles. The van der Waals surface area contributed by atoms with Crippen molar-refractivity contribution in [1.82, 2.24) is 19.9 Å². The van der Waals surface area contributed by atoms with E-state index in [4.69, 9.17) is 0 Å². The Labute approximate surface area is 148 Å². The van der Waals surface area contributed by atoms with Gasteiger partial charge in [0.1, 0.15) is 17.5 Å². The Kier molecular flexibility index (Phi) is 4.30. The molecule has 0 spiro atoms. The van der Waals surface area contributed by atoms with Crippen molar-refractivity contribution in [2.75, 3.05) is 6.54 Å². The maximum absolute atomic E-state index is 13.9. The fourth-order valence-electron chi connectivity index (χ4n) is 3.16. The Hall–Kier alpha value is -2.93. The molecule has 4 rings (SSSR count). The lowest BCUT2D eigenvalue weighted by molar-refractivity contribution is 0.237. The maximum Gasteiger partial charge on any atom is 0.254 e. The number of nitrogens with zero attached hydrogens (tertiary/aromatic N) is 3. The first kappa shape index (κ1) is 16.5. The summed E-state index contributed by atoms with van der Waals surface area (Å²) in [5.41, 5.74) is 2.34. The summed E-state index contributed by atoms with van der Waals surface area (Å²) in [6, 6.07) is 7.19. The van der Waals surface area contributed by atoms with Crippen LogP contribution in [0.4, 0.5) is 8.78 Å². The molecule has 0 atom stereocenters. The number of halogens is 2. The highest BCUT2D eigenvalue weighted by Crippen LogP contribution is 2.20. The summed E-state index contributed by atoms with van der Waals surface area (Å²) in [6.07, 6.45) is 3.83. The van der Waals surface area contributed by atoms with Crippen LogP contribution in [0.25, 0.3) is 11.4 Å². The number of nitrogens with one attached hydrogen (secondary N) is 1. The van der Waals surface area contributed by atoms with Crippen LogP contribution in [0.5, 0.6) is 0 Å². The molecule has 0 aliphatic carbocycles. The summed E-state index contributed by atoms with van der Waals surface area (Å²) in [7, 11) is 0. The van der Waals surface area contributed by atoms with Crippen LogP contribution in [-0.4, -0.2) is 26.4 Å². The minimum Gasteiger partial charge on any atom is -0.306 e. The van der Waals surface area contributed by atoms with E-state index in [1.807, 2.05) is 11.0 Å². The van der Waals surface area contributed by atoms with Gasteiger partial charge in [-0.1, -0.05) is 6.07 Å². The lowest BCUT2D eigenvalue weighted by atomic mass is 10.0. The molecule has 1 N–H and O–H groups in total. The number of aromatic amines is 1. The van der Waals surface area contributed by atoms with Crippen LogP contribution in [-0.2, 0) is 19.5 Å². The first-order valence-corrected chi connectivity index (χ1v) is 8.29. The van der Waals surface area contributed by atoms with E-state index in [1.54, 1.807) is 18.5 Å². The summed E-state index contributed by atoms with van der Waals surface area (Å²) >= 11 is 0. The largest absolute Gasteiger partial charge is 0.306 e. The molecule has 3 aromatic rings. The van der Waals surface area contributed by atoms with Gasteiger partial charge in [-0.05, 0) is 24.6 Å². The molecule has 2 aromatic heterocycles. The molecule has 5 nitrogen and oxygen atoms in total. The SMILES string of the molecule is O=c1[nH]c(-c2cccnc2)nc2c1CCN(Cc1ccc(F)cc1F)C2. The zero-order valence-corrected chi connectivity index (χ0v) is 13.9. The Morgan fingerprint density at radius 3 is 2.88 bits per heavy atom. The molecule has 3 heterocycles. The first-order valence-electron chi connectivity index (χ1n) is 8.29. The maximum atomic E-state index is 13.9. The van der Waals surface area contributed by atoms with Gasteiger partial charge in [0.15, 0.2) is 0 Å². The quantitative estimate of drug-likeness (QED) is 0.786. The summed E-state index contributed by atoms with van der Waals surface area (Å²) in [5.74, 6) is -0.688. The third-order valence-corrected chi connectivity index (χ3v) is 4.50. The van der Waals surface area contributed by atoms with Crippen LogP contribution in [0.15, 0.2) is 47.5 Å². The predicted molar refractivity (Wildman–Crippen MR) is 92.3 cm³/mol. The standard InChI is InChI=1S/C19H16F2N4O/c20-14-4-3-13(16(21)8-14)10-25-7-5-15-17(11-25)23-18(24-19(15)26)12-2-1-6-22-9-12/h1-4,6,8-9H,5,7,10-11H2,(H,23,24,26). The molecule has 0 amide bonds. The Balaban J connectivity index is 1.61. The van der Waals surface area contributed by atoms with Gasteiger partial charge in [0.25, 0.3) is 5.56 Å². The van der Waals surface area contributed by atoms with Crippen molar-refractivity contribution in [2.24, 2.45) is 0 Å². The van der Waals surface area contributed by atoms with Crippen LogP contribution >= 0.6 is 0 Å². The van der Waals surface area contributed by atoms with Gasteiger partial charge in [0.2, 0.25) is 0 Å². The molecule has 132 valence electrons. The second-order valence-corrected chi connectivity index (χ2v) is 6.28. The van der Waals surface area contributed by atoms with Gasteiger partial charge in [-0.2, -0.15) is 0 Å². The van der Waals surface area contributed by atoms with Crippen molar-refractivity contribution >= 4 is 0 Å². The summed E-state index contributed by atoms with van der Waals surface area (Å²) in [6.45, 7) is 1.38. The predicted octanol–water partition coefficient (Wildman–Crippen LogP) is 2.67. The number of pyridine rings is 1. The normalized spacial score (nSPS) is 14.2. The van der Waals surface area contributed by atoms with Crippen LogP contribution in [0, 0.1) is 11.6 Å². The molecule has 0 unspecified atom stereocenters. The van der Waals surface area contributed by atoms with E-state index in [-0.39, 0.29) is 5.56 Å². The molecular weight excluding hydrogens is 338 g/mol. The van der Waals surface area contributed by atoms with Crippen molar-refractivity contribution in [3.63, 3.8) is 0 Å². The van der Waals surface area contributed by atoms with E-state index < -0.39 is 11.6 Å². The van der Waals surface area contributed by atoms with Gasteiger partial charge >= 0.3 is 0 Å². The van der Waals surface area contributed by atoms with E-state index in [1.165, 1.54) is 12.1 Å². The minimum absolute atomic E-state index is 0.151. The first-order chi connectivity index (χ1) is 12.6. The van der Waals surface area contributed by atoms with Crippen molar-refractivity contribution in [3.05, 3.63) is 81.5 Å². The fourth-order valence-corrected chi connectivity index (χ4v) is 3.16. The fraction of sp³-hybridized carbons (Fsp3) is 0.211. The second kappa shape index (κ2) is 6.76. The smallest absolute Gasteiger partial charge is 0.254 e. The molecule has 0 fully saturated rings. The van der Waals surface area contributed by atoms with Crippen LogP contribution in [0.3, 0.4) is 0 Å². The number of hydrogen-bond acceptors (Lipinski definition) is 4. The summed E-state index contributed by atoms with van der Waals surface area (Å²) in [4.78, 5) is 25.8. The second-order valence-electron chi connectivity index (χ2n) is 6.28.